The minimum absolute atomic E-state index is 0.0745. The Morgan fingerprint density at radius 1 is 1.24 bits per heavy atom. The lowest BCUT2D eigenvalue weighted by Crippen LogP contribution is -2.34. The Labute approximate surface area is 128 Å². The molecule has 0 unspecified atom stereocenters. The molecule has 0 saturated carbocycles. The summed E-state index contributed by atoms with van der Waals surface area (Å²) in [6.07, 6.45) is 0.728. The van der Waals surface area contributed by atoms with Gasteiger partial charge in [0.05, 0.1) is 9.82 Å². The summed E-state index contributed by atoms with van der Waals surface area (Å²) in [7, 11) is -1.80. The van der Waals surface area contributed by atoms with Crippen LogP contribution in [0, 0.1) is 10.1 Å². The van der Waals surface area contributed by atoms with Gasteiger partial charge in [-0.25, -0.2) is 8.42 Å². The number of halogens is 1. The first-order valence-electron chi connectivity index (χ1n) is 6.45. The standard InChI is InChI=1S/C12H16ClN3O4S/c1-14-5-2-6-15(8-7-14)21(19,20)10-3-4-11(13)12(9-10)16(17)18/h3-4,9H,2,5-8H2,1H3. The average Bonchev–Trinajstić information content (AvgIpc) is 2.63. The van der Waals surface area contributed by atoms with Crippen molar-refractivity contribution < 1.29 is 13.3 Å². The Morgan fingerprint density at radius 2 is 1.95 bits per heavy atom. The van der Waals surface area contributed by atoms with Crippen molar-refractivity contribution in [1.29, 1.82) is 0 Å². The van der Waals surface area contributed by atoms with Crippen molar-refractivity contribution in [3.05, 3.63) is 33.3 Å². The third-order valence-electron chi connectivity index (χ3n) is 3.43. The van der Waals surface area contributed by atoms with Crippen molar-refractivity contribution in [3.63, 3.8) is 0 Å². The molecule has 1 saturated heterocycles. The molecule has 1 aliphatic heterocycles. The van der Waals surface area contributed by atoms with Gasteiger partial charge in [0, 0.05) is 25.7 Å². The predicted octanol–water partition coefficient (Wildman–Crippen LogP) is 1.57. The SMILES string of the molecule is CN1CCCN(S(=O)(=O)c2ccc(Cl)c([N+](=O)[O-])c2)CC1. The van der Waals surface area contributed by atoms with Crippen molar-refractivity contribution in [2.75, 3.05) is 33.2 Å². The summed E-state index contributed by atoms with van der Waals surface area (Å²) in [4.78, 5) is 12.2. The van der Waals surface area contributed by atoms with Gasteiger partial charge in [-0.05, 0) is 32.1 Å². The topological polar surface area (TPSA) is 83.8 Å². The van der Waals surface area contributed by atoms with Gasteiger partial charge in [-0.3, -0.25) is 10.1 Å². The molecule has 21 heavy (non-hydrogen) atoms. The highest BCUT2D eigenvalue weighted by Gasteiger charge is 2.28. The molecule has 2 rings (SSSR count). The fourth-order valence-corrected chi connectivity index (χ4v) is 3.88. The third-order valence-corrected chi connectivity index (χ3v) is 5.64. The van der Waals surface area contributed by atoms with E-state index in [1.807, 2.05) is 7.05 Å². The average molecular weight is 334 g/mol. The maximum absolute atomic E-state index is 12.6. The number of nitro groups is 1. The molecule has 0 amide bonds. The van der Waals surface area contributed by atoms with Crippen molar-refractivity contribution in [1.82, 2.24) is 9.21 Å². The molecule has 0 aromatic heterocycles. The summed E-state index contributed by atoms with van der Waals surface area (Å²) in [6.45, 7) is 2.24. The van der Waals surface area contributed by atoms with Crippen LogP contribution in [0.4, 0.5) is 5.69 Å². The molecule has 1 aromatic carbocycles. The normalized spacial score (nSPS) is 18.4. The Hall–Kier alpha value is -1.22. The van der Waals surface area contributed by atoms with E-state index in [1.165, 1.54) is 16.4 Å². The largest absolute Gasteiger partial charge is 0.305 e. The number of likely N-dealkylation sites (N-methyl/N-ethyl adjacent to an activating group) is 1. The molecule has 1 fully saturated rings. The van der Waals surface area contributed by atoms with Crippen LogP contribution in [-0.2, 0) is 10.0 Å². The molecular weight excluding hydrogens is 318 g/mol. The summed E-state index contributed by atoms with van der Waals surface area (Å²) >= 11 is 5.72. The number of hydrogen-bond donors (Lipinski definition) is 0. The predicted molar refractivity (Wildman–Crippen MR) is 79.0 cm³/mol. The Balaban J connectivity index is 2.35. The molecule has 1 aromatic rings. The zero-order chi connectivity index (χ0) is 15.6. The van der Waals surface area contributed by atoms with Crippen molar-refractivity contribution in [2.45, 2.75) is 11.3 Å². The number of nitrogens with zero attached hydrogens (tertiary/aromatic N) is 3. The van der Waals surface area contributed by atoms with E-state index in [0.29, 0.717) is 19.6 Å². The Bertz CT molecular complexity index is 650. The first-order valence-corrected chi connectivity index (χ1v) is 8.27. The molecule has 0 aliphatic carbocycles. The quantitative estimate of drug-likeness (QED) is 0.619. The van der Waals surface area contributed by atoms with Crippen LogP contribution in [0.5, 0.6) is 0 Å². The monoisotopic (exact) mass is 333 g/mol. The second-order valence-electron chi connectivity index (χ2n) is 4.93. The van der Waals surface area contributed by atoms with Crippen LogP contribution in [0.3, 0.4) is 0 Å². The summed E-state index contributed by atoms with van der Waals surface area (Å²) in [6, 6.07) is 3.57. The lowest BCUT2D eigenvalue weighted by molar-refractivity contribution is -0.384. The van der Waals surface area contributed by atoms with Crippen molar-refractivity contribution >= 4 is 27.3 Å². The van der Waals surface area contributed by atoms with E-state index < -0.39 is 20.6 Å². The van der Waals surface area contributed by atoms with Crippen molar-refractivity contribution in [2.24, 2.45) is 0 Å². The summed E-state index contributed by atoms with van der Waals surface area (Å²) in [5.41, 5.74) is -0.398. The number of sulfonamides is 1. The lowest BCUT2D eigenvalue weighted by Gasteiger charge is -2.20. The minimum atomic E-state index is -3.74. The number of hydrogen-bond acceptors (Lipinski definition) is 5. The van der Waals surface area contributed by atoms with Gasteiger partial charge in [-0.1, -0.05) is 11.6 Å². The van der Waals surface area contributed by atoms with E-state index in [2.05, 4.69) is 4.90 Å². The van der Waals surface area contributed by atoms with Crippen molar-refractivity contribution in [3.8, 4) is 0 Å². The molecule has 0 bridgehead atoms. The first kappa shape index (κ1) is 16.2. The third kappa shape index (κ3) is 3.52. The molecule has 9 heteroatoms. The van der Waals surface area contributed by atoms with E-state index in [0.717, 1.165) is 19.0 Å². The summed E-state index contributed by atoms with van der Waals surface area (Å²) in [5, 5.41) is 10.8. The van der Waals surface area contributed by atoms with Crippen LogP contribution >= 0.6 is 11.6 Å². The van der Waals surface area contributed by atoms with Crippen LogP contribution < -0.4 is 0 Å². The molecule has 0 N–H and O–H groups in total. The Kier molecular flexibility index (Phi) is 4.82. The van der Waals surface area contributed by atoms with Gasteiger partial charge in [0.15, 0.2) is 0 Å². The Morgan fingerprint density at radius 3 is 2.62 bits per heavy atom. The maximum Gasteiger partial charge on any atom is 0.289 e. The van der Waals surface area contributed by atoms with Gasteiger partial charge in [-0.2, -0.15) is 4.31 Å². The molecule has 0 radical (unpaired) electrons. The number of rotatable bonds is 3. The van der Waals surface area contributed by atoms with Crippen LogP contribution in [-0.4, -0.2) is 55.8 Å². The molecule has 7 nitrogen and oxygen atoms in total. The van der Waals surface area contributed by atoms with E-state index in [9.17, 15) is 18.5 Å². The molecular formula is C12H16ClN3O4S. The van der Waals surface area contributed by atoms with Crippen LogP contribution in [0.2, 0.25) is 5.02 Å². The van der Waals surface area contributed by atoms with Gasteiger partial charge in [-0.15, -0.1) is 0 Å². The summed E-state index contributed by atoms with van der Waals surface area (Å²) < 4.78 is 26.5. The van der Waals surface area contributed by atoms with Crippen LogP contribution in [0.15, 0.2) is 23.1 Å². The fourth-order valence-electron chi connectivity index (χ4n) is 2.21. The van der Waals surface area contributed by atoms with E-state index >= 15 is 0 Å². The first-order chi connectivity index (χ1) is 9.82. The fraction of sp³-hybridized carbons (Fsp3) is 0.500. The van der Waals surface area contributed by atoms with Gasteiger partial charge in [0.25, 0.3) is 5.69 Å². The zero-order valence-corrected chi connectivity index (χ0v) is 13.1. The molecule has 116 valence electrons. The summed E-state index contributed by atoms with van der Waals surface area (Å²) in [5.74, 6) is 0. The number of nitro benzene ring substituents is 1. The van der Waals surface area contributed by atoms with Gasteiger partial charge in [0.1, 0.15) is 5.02 Å². The zero-order valence-electron chi connectivity index (χ0n) is 11.5. The molecule has 0 atom stereocenters. The minimum Gasteiger partial charge on any atom is -0.305 e. The van der Waals surface area contributed by atoms with E-state index in [-0.39, 0.29) is 9.92 Å². The number of benzene rings is 1. The smallest absolute Gasteiger partial charge is 0.289 e. The highest BCUT2D eigenvalue weighted by atomic mass is 35.5. The van der Waals surface area contributed by atoms with Gasteiger partial charge < -0.3 is 4.90 Å². The van der Waals surface area contributed by atoms with E-state index in [4.69, 9.17) is 11.6 Å². The second-order valence-corrected chi connectivity index (χ2v) is 7.28. The maximum atomic E-state index is 12.6. The second kappa shape index (κ2) is 6.27. The van der Waals surface area contributed by atoms with Gasteiger partial charge >= 0.3 is 0 Å². The lowest BCUT2D eigenvalue weighted by atomic mass is 10.3. The van der Waals surface area contributed by atoms with E-state index in [1.54, 1.807) is 0 Å². The highest BCUT2D eigenvalue weighted by Crippen LogP contribution is 2.28. The van der Waals surface area contributed by atoms with Crippen LogP contribution in [0.25, 0.3) is 0 Å². The molecule has 1 aliphatic rings. The molecule has 0 spiro atoms. The van der Waals surface area contributed by atoms with Gasteiger partial charge in [0.2, 0.25) is 10.0 Å². The van der Waals surface area contributed by atoms with Crippen LogP contribution in [0.1, 0.15) is 6.42 Å². The molecule has 1 heterocycles. The highest BCUT2D eigenvalue weighted by molar-refractivity contribution is 7.89.